The van der Waals surface area contributed by atoms with Crippen LogP contribution in [0, 0.1) is 17.8 Å². The zero-order chi connectivity index (χ0) is 34.8. The van der Waals surface area contributed by atoms with Gasteiger partial charge in [0.2, 0.25) is 0 Å². The summed E-state index contributed by atoms with van der Waals surface area (Å²) < 4.78 is 102. The Morgan fingerprint density at radius 2 is 0.568 bits per heavy atom. The fourth-order valence-corrected chi connectivity index (χ4v) is 2.75. The molecule has 0 aliphatic heterocycles. The summed E-state index contributed by atoms with van der Waals surface area (Å²) in [4.78, 5) is 0. The van der Waals surface area contributed by atoms with Gasteiger partial charge in [0, 0.05) is 51.0 Å². The van der Waals surface area contributed by atoms with E-state index in [1.807, 2.05) is 0 Å². The average Bonchev–Trinajstić information content (AvgIpc) is 2.84. The fourth-order valence-electron chi connectivity index (χ4n) is 2.75. The van der Waals surface area contributed by atoms with Crippen LogP contribution in [0.2, 0.25) is 0 Å². The standard InChI is InChI=1S/3C8H18O.2Al.3H2O4S/c3*1-3-5-6-8(4-2)7-9;;;3*1-5(2,3)4/h3*8-9H,3-7H2,1-2H3;;;3*(H2,1,2,3,4)/q;;;2*+3;;;/p-6. The molecule has 264 valence electrons. The summed E-state index contributed by atoms with van der Waals surface area (Å²) in [5, 5.41) is 26.3. The summed E-state index contributed by atoms with van der Waals surface area (Å²) in [5.74, 6) is 1.68. The van der Waals surface area contributed by atoms with Crippen LogP contribution in [0.1, 0.15) is 119 Å². The van der Waals surface area contributed by atoms with Crippen molar-refractivity contribution >= 4 is 65.9 Å². The van der Waals surface area contributed by atoms with Crippen molar-refractivity contribution in [3.8, 4) is 0 Å². The summed E-state index contributed by atoms with van der Waals surface area (Å²) in [6, 6.07) is 0. The molecule has 0 radical (unpaired) electrons. The van der Waals surface area contributed by atoms with E-state index in [9.17, 15) is 0 Å². The van der Waals surface area contributed by atoms with Crippen LogP contribution in [0.3, 0.4) is 0 Å². The van der Waals surface area contributed by atoms with Crippen molar-refractivity contribution in [2.24, 2.45) is 17.8 Å². The van der Waals surface area contributed by atoms with E-state index in [1.165, 1.54) is 57.8 Å². The Balaban J connectivity index is -0.0000000596. The van der Waals surface area contributed by atoms with Crippen molar-refractivity contribution in [2.75, 3.05) is 19.8 Å². The molecule has 0 aromatic rings. The predicted octanol–water partition coefficient (Wildman–Crippen LogP) is 1.81. The van der Waals surface area contributed by atoms with Gasteiger partial charge in [-0.2, -0.15) is 0 Å². The van der Waals surface area contributed by atoms with Crippen LogP contribution in [-0.4, -0.2) is 122 Å². The number of rotatable bonds is 15. The topological polar surface area (TPSA) is 301 Å². The van der Waals surface area contributed by atoms with E-state index in [0.29, 0.717) is 37.6 Å². The first-order chi connectivity index (χ1) is 19.0. The number of aliphatic hydroxyl groups excluding tert-OH is 3. The minimum atomic E-state index is -5.17. The maximum atomic E-state index is 8.75. The van der Waals surface area contributed by atoms with Gasteiger partial charge in [-0.05, 0) is 37.0 Å². The molecule has 0 aliphatic rings. The first kappa shape index (κ1) is 63.3. The van der Waals surface area contributed by atoms with E-state index in [-0.39, 0.29) is 34.7 Å². The van der Waals surface area contributed by atoms with Gasteiger partial charge in [-0.15, -0.1) is 0 Å². The fraction of sp³-hybridized carbons (Fsp3) is 1.00. The summed E-state index contributed by atoms with van der Waals surface area (Å²) >= 11 is 0. The molecule has 44 heavy (non-hydrogen) atoms. The van der Waals surface area contributed by atoms with Gasteiger partial charge in [0.05, 0.1) is 0 Å². The SMILES string of the molecule is CCCCC(CC)CO.CCCCC(CC)CO.CCCCC(CC)CO.O=S(=O)([O-])[O-].O=S(=O)([O-])[O-].O=S(=O)([O-])[O-].[Al+3].[Al+3]. The van der Waals surface area contributed by atoms with Crippen molar-refractivity contribution in [3.05, 3.63) is 0 Å². The van der Waals surface area contributed by atoms with Crippen LogP contribution in [0.15, 0.2) is 0 Å². The van der Waals surface area contributed by atoms with Crippen LogP contribution < -0.4 is 0 Å². The van der Waals surface area contributed by atoms with Gasteiger partial charge in [0.1, 0.15) is 0 Å². The normalized spacial score (nSPS) is 12.3. The average molecular weight is 733 g/mol. The van der Waals surface area contributed by atoms with Crippen LogP contribution in [0.5, 0.6) is 0 Å². The molecule has 15 nitrogen and oxygen atoms in total. The first-order valence-electron chi connectivity index (χ1n) is 13.9. The van der Waals surface area contributed by atoms with Crippen LogP contribution in [-0.2, 0) is 31.2 Å². The maximum Gasteiger partial charge on any atom is 3.00 e. The van der Waals surface area contributed by atoms with Crippen molar-refractivity contribution in [1.82, 2.24) is 0 Å². The largest absolute Gasteiger partial charge is 3.00 e. The molecule has 0 rings (SSSR count). The Morgan fingerprint density at radius 1 is 0.432 bits per heavy atom. The number of hydrogen-bond donors (Lipinski definition) is 3. The molecule has 0 aliphatic carbocycles. The van der Waals surface area contributed by atoms with Crippen LogP contribution >= 0.6 is 0 Å². The quantitative estimate of drug-likeness (QED) is 0.123. The number of aliphatic hydroxyl groups is 3. The third kappa shape index (κ3) is 122. The minimum Gasteiger partial charge on any atom is -0.759 e. The Labute approximate surface area is 288 Å². The smallest absolute Gasteiger partial charge is 0.759 e. The molecule has 0 aromatic carbocycles. The summed E-state index contributed by atoms with van der Waals surface area (Å²) in [7, 11) is -15.5. The molecule has 3 unspecified atom stereocenters. The molecular formula is C24H54Al2O15S3. The van der Waals surface area contributed by atoms with Gasteiger partial charge in [0.25, 0.3) is 0 Å². The summed E-state index contributed by atoms with van der Waals surface area (Å²) in [6.45, 7) is 14.1. The predicted molar refractivity (Wildman–Crippen MR) is 164 cm³/mol. The van der Waals surface area contributed by atoms with E-state index < -0.39 is 31.2 Å². The van der Waals surface area contributed by atoms with E-state index >= 15 is 0 Å². The van der Waals surface area contributed by atoms with E-state index in [2.05, 4.69) is 41.5 Å². The second-order valence-electron chi connectivity index (χ2n) is 9.02. The van der Waals surface area contributed by atoms with Crippen LogP contribution in [0.25, 0.3) is 0 Å². The van der Waals surface area contributed by atoms with Gasteiger partial charge in [-0.3, -0.25) is 25.3 Å². The summed E-state index contributed by atoms with van der Waals surface area (Å²) in [5.41, 5.74) is 0. The Kier molecular flexibility index (Phi) is 62.6. The molecule has 3 N–H and O–H groups in total. The maximum absolute atomic E-state index is 8.75. The molecule has 0 saturated heterocycles. The monoisotopic (exact) mass is 732 g/mol. The molecule has 0 spiro atoms. The molecule has 3 atom stereocenters. The second-order valence-corrected chi connectivity index (χ2v) is 11.5. The Bertz CT molecular complexity index is 684. The molecule has 0 amide bonds. The van der Waals surface area contributed by atoms with E-state index in [1.54, 1.807) is 0 Å². The minimum absolute atomic E-state index is 0. The third-order valence-electron chi connectivity index (χ3n) is 5.40. The third-order valence-corrected chi connectivity index (χ3v) is 5.40. The van der Waals surface area contributed by atoms with E-state index in [4.69, 9.17) is 67.9 Å². The second kappa shape index (κ2) is 43.6. The van der Waals surface area contributed by atoms with Crippen molar-refractivity contribution < 1.29 is 67.9 Å². The van der Waals surface area contributed by atoms with E-state index in [0.717, 1.165) is 19.3 Å². The zero-order valence-corrected chi connectivity index (χ0v) is 31.7. The molecule has 20 heteroatoms. The molecule has 0 bridgehead atoms. The molecule has 0 heterocycles. The molecule has 0 fully saturated rings. The van der Waals surface area contributed by atoms with Crippen molar-refractivity contribution in [1.29, 1.82) is 0 Å². The molecular weight excluding hydrogens is 678 g/mol. The Morgan fingerprint density at radius 3 is 0.636 bits per heavy atom. The van der Waals surface area contributed by atoms with Crippen molar-refractivity contribution in [3.63, 3.8) is 0 Å². The van der Waals surface area contributed by atoms with Gasteiger partial charge in [0.15, 0.2) is 0 Å². The van der Waals surface area contributed by atoms with Gasteiger partial charge < -0.3 is 42.6 Å². The number of hydrogen-bond acceptors (Lipinski definition) is 15. The molecule has 0 aromatic heterocycles. The van der Waals surface area contributed by atoms with Crippen LogP contribution in [0.4, 0.5) is 0 Å². The Hall–Kier alpha value is 0.555. The summed E-state index contributed by atoms with van der Waals surface area (Å²) in [6.07, 6.45) is 14.5. The number of unbranched alkanes of at least 4 members (excludes halogenated alkanes) is 3. The van der Waals surface area contributed by atoms with Gasteiger partial charge in [-0.1, -0.05) is 99.3 Å². The molecule has 0 saturated carbocycles. The van der Waals surface area contributed by atoms with Gasteiger partial charge in [-0.25, -0.2) is 0 Å². The van der Waals surface area contributed by atoms with Gasteiger partial charge >= 0.3 is 34.7 Å². The zero-order valence-electron chi connectivity index (χ0n) is 27.0. The first-order valence-corrected chi connectivity index (χ1v) is 17.9. The van der Waals surface area contributed by atoms with Crippen molar-refractivity contribution in [2.45, 2.75) is 119 Å².